The van der Waals surface area contributed by atoms with E-state index in [4.69, 9.17) is 9.72 Å². The highest BCUT2D eigenvalue weighted by Gasteiger charge is 2.20. The van der Waals surface area contributed by atoms with Crippen molar-refractivity contribution in [2.75, 3.05) is 13.7 Å². The summed E-state index contributed by atoms with van der Waals surface area (Å²) >= 11 is 0. The molecule has 0 aliphatic heterocycles. The summed E-state index contributed by atoms with van der Waals surface area (Å²) in [6.07, 6.45) is 18.1. The Morgan fingerprint density at radius 3 is 2.41 bits per heavy atom. The molecule has 0 N–H and O–H groups in total. The molecule has 1 heterocycles. The van der Waals surface area contributed by atoms with Crippen LogP contribution in [-0.2, 0) is 11.2 Å². The minimum absolute atomic E-state index is 0.703. The van der Waals surface area contributed by atoms with Crippen LogP contribution in [0.4, 0.5) is 0 Å². The molecule has 2 aromatic rings. The molecule has 1 fully saturated rings. The molecule has 0 unspecified atom stereocenters. The van der Waals surface area contributed by atoms with E-state index in [9.17, 15) is 0 Å². The van der Waals surface area contributed by atoms with Gasteiger partial charge in [0.05, 0.1) is 12.3 Å². The van der Waals surface area contributed by atoms with E-state index in [1.54, 1.807) is 7.11 Å². The number of aryl methyl sites for hydroxylation is 1. The summed E-state index contributed by atoms with van der Waals surface area (Å²) in [7, 11) is 1.75. The topological polar surface area (TPSA) is 22.1 Å². The van der Waals surface area contributed by atoms with Gasteiger partial charge in [0, 0.05) is 18.9 Å². The summed E-state index contributed by atoms with van der Waals surface area (Å²) in [6, 6.07) is 13.6. The maximum Gasteiger partial charge on any atom is 0.0702 e. The van der Waals surface area contributed by atoms with Crippen molar-refractivity contribution in [1.82, 2.24) is 4.98 Å². The molecule has 29 heavy (non-hydrogen) atoms. The van der Waals surface area contributed by atoms with Gasteiger partial charge in [-0.25, -0.2) is 0 Å². The Bertz CT molecular complexity index is 724. The fraction of sp³-hybridized carbons (Fsp3) is 0.519. The van der Waals surface area contributed by atoms with E-state index in [1.807, 2.05) is 0 Å². The first-order valence-corrected chi connectivity index (χ1v) is 11.5. The smallest absolute Gasteiger partial charge is 0.0702 e. The molecule has 0 saturated heterocycles. The van der Waals surface area contributed by atoms with Crippen molar-refractivity contribution in [3.05, 3.63) is 65.9 Å². The summed E-state index contributed by atoms with van der Waals surface area (Å²) in [4.78, 5) is 4.72. The van der Waals surface area contributed by atoms with E-state index in [0.29, 0.717) is 5.92 Å². The molecule has 1 aromatic heterocycles. The van der Waals surface area contributed by atoms with Gasteiger partial charge in [0.1, 0.15) is 0 Å². The third kappa shape index (κ3) is 6.82. The second kappa shape index (κ2) is 11.9. The zero-order chi connectivity index (χ0) is 20.3. The molecule has 156 valence electrons. The van der Waals surface area contributed by atoms with Crippen LogP contribution in [0.15, 0.2) is 54.7 Å². The number of rotatable bonds is 10. The minimum Gasteiger partial charge on any atom is -0.381 e. The summed E-state index contributed by atoms with van der Waals surface area (Å²) in [6.45, 7) is 2.99. The molecule has 0 bridgehead atoms. The highest BCUT2D eigenvalue weighted by Crippen LogP contribution is 2.36. The van der Waals surface area contributed by atoms with Crippen molar-refractivity contribution in [2.24, 2.45) is 5.92 Å². The first-order valence-electron chi connectivity index (χ1n) is 11.5. The number of ether oxygens (including phenoxy) is 1. The van der Waals surface area contributed by atoms with Gasteiger partial charge in [-0.1, -0.05) is 68.7 Å². The van der Waals surface area contributed by atoms with Gasteiger partial charge in [-0.05, 0) is 67.6 Å². The van der Waals surface area contributed by atoms with Gasteiger partial charge < -0.3 is 4.74 Å². The van der Waals surface area contributed by atoms with E-state index in [2.05, 4.69) is 61.7 Å². The van der Waals surface area contributed by atoms with Crippen LogP contribution in [0, 0.1) is 5.92 Å². The molecule has 0 atom stereocenters. The maximum atomic E-state index is 5.11. The number of unbranched alkanes of at least 4 members (excludes halogenated alkanes) is 3. The lowest BCUT2D eigenvalue weighted by Crippen LogP contribution is -2.11. The van der Waals surface area contributed by atoms with Gasteiger partial charge in [-0.15, -0.1) is 0 Å². The minimum atomic E-state index is 0.703. The Morgan fingerprint density at radius 1 is 0.966 bits per heavy atom. The average molecular weight is 392 g/mol. The summed E-state index contributed by atoms with van der Waals surface area (Å²) in [5.74, 6) is 1.43. The van der Waals surface area contributed by atoms with Gasteiger partial charge >= 0.3 is 0 Å². The summed E-state index contributed by atoms with van der Waals surface area (Å²) < 4.78 is 5.11. The molecule has 0 radical (unpaired) electrons. The van der Waals surface area contributed by atoms with E-state index >= 15 is 0 Å². The molecular formula is C27H37NO. The van der Waals surface area contributed by atoms with E-state index < -0.39 is 0 Å². The summed E-state index contributed by atoms with van der Waals surface area (Å²) in [5.41, 5.74) is 5.15. The van der Waals surface area contributed by atoms with E-state index in [0.717, 1.165) is 24.6 Å². The monoisotopic (exact) mass is 391 g/mol. The van der Waals surface area contributed by atoms with E-state index in [1.165, 1.54) is 68.1 Å². The Kier molecular flexibility index (Phi) is 8.95. The van der Waals surface area contributed by atoms with Gasteiger partial charge in [0.25, 0.3) is 0 Å². The first kappa shape index (κ1) is 21.8. The largest absolute Gasteiger partial charge is 0.381 e. The van der Waals surface area contributed by atoms with Crippen LogP contribution in [0.3, 0.4) is 0 Å². The first-order chi connectivity index (χ1) is 14.3. The third-order valence-corrected chi connectivity index (χ3v) is 6.26. The van der Waals surface area contributed by atoms with Crippen LogP contribution in [0.2, 0.25) is 0 Å². The standard InChI is InChI=1S/C27H37NO/c1-3-4-5-6-8-23-12-19-27(28-21-23)26-17-15-25(16-18-26)24-13-10-22(11-14-24)9-7-20-29-2/h7,9,12,15-19,21-22,24H,3-6,8,10-11,13-14,20H2,1-2H3/b9-7+/t22-,24-. The van der Waals surface area contributed by atoms with Gasteiger partial charge in [-0.3, -0.25) is 4.98 Å². The van der Waals surface area contributed by atoms with Crippen molar-refractivity contribution in [3.63, 3.8) is 0 Å². The Labute approximate surface area is 177 Å². The number of hydrogen-bond donors (Lipinski definition) is 0. The number of pyridine rings is 1. The number of methoxy groups -OCH3 is 1. The zero-order valence-corrected chi connectivity index (χ0v) is 18.3. The van der Waals surface area contributed by atoms with Crippen molar-refractivity contribution < 1.29 is 4.74 Å². The Morgan fingerprint density at radius 2 is 1.76 bits per heavy atom. The van der Waals surface area contributed by atoms with Crippen molar-refractivity contribution in [1.29, 1.82) is 0 Å². The zero-order valence-electron chi connectivity index (χ0n) is 18.3. The molecule has 1 saturated carbocycles. The van der Waals surface area contributed by atoms with Crippen molar-refractivity contribution >= 4 is 0 Å². The van der Waals surface area contributed by atoms with Crippen LogP contribution in [0.5, 0.6) is 0 Å². The fourth-order valence-corrected chi connectivity index (χ4v) is 4.41. The average Bonchev–Trinajstić information content (AvgIpc) is 2.78. The quantitative estimate of drug-likeness (QED) is 0.312. The van der Waals surface area contributed by atoms with Crippen LogP contribution in [-0.4, -0.2) is 18.7 Å². The normalized spacial score (nSPS) is 19.7. The Balaban J connectivity index is 1.51. The third-order valence-electron chi connectivity index (χ3n) is 6.26. The number of benzene rings is 1. The molecular weight excluding hydrogens is 354 g/mol. The van der Waals surface area contributed by atoms with Crippen LogP contribution < -0.4 is 0 Å². The number of allylic oxidation sites excluding steroid dienone is 1. The molecule has 2 nitrogen and oxygen atoms in total. The van der Waals surface area contributed by atoms with Gasteiger partial charge in [-0.2, -0.15) is 0 Å². The number of nitrogens with zero attached hydrogens (tertiary/aromatic N) is 1. The molecule has 1 aliphatic rings. The predicted molar refractivity (Wildman–Crippen MR) is 123 cm³/mol. The molecule has 1 aliphatic carbocycles. The number of hydrogen-bond acceptors (Lipinski definition) is 2. The lowest BCUT2D eigenvalue weighted by atomic mass is 9.78. The highest BCUT2D eigenvalue weighted by atomic mass is 16.5. The van der Waals surface area contributed by atoms with Crippen molar-refractivity contribution in [2.45, 2.75) is 70.6 Å². The molecule has 3 rings (SSSR count). The molecule has 2 heteroatoms. The Hall–Kier alpha value is -1.93. The maximum absolute atomic E-state index is 5.11. The van der Waals surface area contributed by atoms with Gasteiger partial charge in [0.15, 0.2) is 0 Å². The fourth-order valence-electron chi connectivity index (χ4n) is 4.41. The predicted octanol–water partition coefficient (Wildman–Crippen LogP) is 7.35. The van der Waals surface area contributed by atoms with Crippen LogP contribution in [0.25, 0.3) is 11.3 Å². The van der Waals surface area contributed by atoms with Crippen LogP contribution in [0.1, 0.15) is 75.3 Å². The van der Waals surface area contributed by atoms with Gasteiger partial charge in [0.2, 0.25) is 0 Å². The molecule has 0 spiro atoms. The molecule has 0 amide bonds. The molecule has 1 aromatic carbocycles. The van der Waals surface area contributed by atoms with Crippen LogP contribution >= 0.6 is 0 Å². The second-order valence-corrected chi connectivity index (χ2v) is 8.48. The summed E-state index contributed by atoms with van der Waals surface area (Å²) in [5, 5.41) is 0. The van der Waals surface area contributed by atoms with E-state index in [-0.39, 0.29) is 0 Å². The SMILES string of the molecule is CCCCCCc1ccc(-c2ccc([C@H]3CC[C@H](/C=C/COC)CC3)cc2)nc1. The highest BCUT2D eigenvalue weighted by molar-refractivity contribution is 5.59. The lowest BCUT2D eigenvalue weighted by molar-refractivity contribution is 0.233. The lowest BCUT2D eigenvalue weighted by Gasteiger charge is -2.27. The van der Waals surface area contributed by atoms with Crippen molar-refractivity contribution in [3.8, 4) is 11.3 Å². The second-order valence-electron chi connectivity index (χ2n) is 8.48. The number of aromatic nitrogens is 1.